The number of carbonyl (C=O) groups excluding carboxylic acids is 3. The minimum Gasteiger partial charge on any atom is -0.455 e. The lowest BCUT2D eigenvalue weighted by molar-refractivity contribution is -0.152. The summed E-state index contributed by atoms with van der Waals surface area (Å²) in [5.41, 5.74) is 1.98. The third-order valence-corrected chi connectivity index (χ3v) is 4.48. The van der Waals surface area contributed by atoms with Crippen molar-refractivity contribution < 1.29 is 19.1 Å². The quantitative estimate of drug-likeness (QED) is 0.767. The molecule has 0 aliphatic carbocycles. The highest BCUT2D eigenvalue weighted by atomic mass is 16.5. The Bertz CT molecular complexity index is 627. The van der Waals surface area contributed by atoms with Gasteiger partial charge in [-0.15, -0.1) is 0 Å². The summed E-state index contributed by atoms with van der Waals surface area (Å²) in [4.78, 5) is 37.6. The van der Waals surface area contributed by atoms with Crippen LogP contribution in [0.3, 0.4) is 0 Å². The van der Waals surface area contributed by atoms with Crippen LogP contribution in [0.15, 0.2) is 24.3 Å². The number of esters is 1. The molecular formula is C19H26N2O4. The fourth-order valence-electron chi connectivity index (χ4n) is 2.70. The van der Waals surface area contributed by atoms with Gasteiger partial charge in [0.2, 0.25) is 5.91 Å². The van der Waals surface area contributed by atoms with E-state index in [1.807, 2.05) is 38.1 Å². The molecule has 0 radical (unpaired) electrons. The van der Waals surface area contributed by atoms with Crippen molar-refractivity contribution in [1.29, 1.82) is 0 Å². The molecule has 6 heteroatoms. The monoisotopic (exact) mass is 346 g/mol. The predicted molar refractivity (Wildman–Crippen MR) is 95.1 cm³/mol. The number of carbonyl (C=O) groups is 3. The number of amides is 2. The van der Waals surface area contributed by atoms with Crippen molar-refractivity contribution in [1.82, 2.24) is 5.32 Å². The number of anilines is 1. The van der Waals surface area contributed by atoms with E-state index in [9.17, 15) is 14.4 Å². The van der Waals surface area contributed by atoms with Crippen LogP contribution < -0.4 is 10.2 Å². The van der Waals surface area contributed by atoms with Gasteiger partial charge in [-0.2, -0.15) is 0 Å². The number of hydrogen-bond acceptors (Lipinski definition) is 4. The summed E-state index contributed by atoms with van der Waals surface area (Å²) in [5, 5.41) is 2.74. The molecule has 1 aliphatic rings. The van der Waals surface area contributed by atoms with Crippen molar-refractivity contribution in [3.8, 4) is 0 Å². The summed E-state index contributed by atoms with van der Waals surface area (Å²) >= 11 is 0. The Balaban J connectivity index is 1.88. The number of rotatable bonds is 7. The minimum absolute atomic E-state index is 0.0424. The van der Waals surface area contributed by atoms with E-state index < -0.39 is 11.9 Å². The molecule has 1 N–H and O–H groups in total. The molecule has 2 amide bonds. The molecule has 0 aromatic heterocycles. The summed E-state index contributed by atoms with van der Waals surface area (Å²) in [6, 6.07) is 7.79. The van der Waals surface area contributed by atoms with Crippen LogP contribution in [-0.2, 0) is 25.5 Å². The predicted octanol–water partition coefficient (Wildman–Crippen LogP) is 2.06. The molecule has 2 unspecified atom stereocenters. The first-order valence-electron chi connectivity index (χ1n) is 8.79. The van der Waals surface area contributed by atoms with Gasteiger partial charge < -0.3 is 15.0 Å². The molecule has 136 valence electrons. The highest BCUT2D eigenvalue weighted by Crippen LogP contribution is 2.26. The molecule has 1 aliphatic heterocycles. The fourth-order valence-corrected chi connectivity index (χ4v) is 2.70. The molecule has 0 saturated carbocycles. The van der Waals surface area contributed by atoms with Gasteiger partial charge in [-0.1, -0.05) is 26.0 Å². The van der Waals surface area contributed by atoms with Crippen molar-refractivity contribution in [3.63, 3.8) is 0 Å². The van der Waals surface area contributed by atoms with Crippen LogP contribution in [0, 0.1) is 5.92 Å². The Kier molecular flexibility index (Phi) is 6.56. The maximum absolute atomic E-state index is 12.2. The van der Waals surface area contributed by atoms with E-state index in [1.54, 1.807) is 4.90 Å². The summed E-state index contributed by atoms with van der Waals surface area (Å²) < 4.78 is 5.07. The molecular weight excluding hydrogens is 320 g/mol. The van der Waals surface area contributed by atoms with Crippen molar-refractivity contribution in [2.24, 2.45) is 5.92 Å². The Hall–Kier alpha value is -2.37. The van der Waals surface area contributed by atoms with Crippen molar-refractivity contribution in [3.05, 3.63) is 29.8 Å². The second-order valence-corrected chi connectivity index (χ2v) is 6.41. The molecule has 2 atom stereocenters. The van der Waals surface area contributed by atoms with Crippen LogP contribution in [0.1, 0.15) is 39.2 Å². The molecule has 1 heterocycles. The Morgan fingerprint density at radius 2 is 1.96 bits per heavy atom. The lowest BCUT2D eigenvalue weighted by Gasteiger charge is -2.17. The van der Waals surface area contributed by atoms with Gasteiger partial charge in [-0.05, 0) is 37.5 Å². The SMILES string of the molecule is CCc1ccc(N2CC(C(=O)OCC(=O)NC(C)CC)CC2=O)cc1. The van der Waals surface area contributed by atoms with Gasteiger partial charge in [0.05, 0.1) is 5.92 Å². The molecule has 0 spiro atoms. The highest BCUT2D eigenvalue weighted by molar-refractivity contribution is 5.99. The molecule has 6 nitrogen and oxygen atoms in total. The van der Waals surface area contributed by atoms with Crippen LogP contribution in [-0.4, -0.2) is 37.0 Å². The first kappa shape index (κ1) is 19.0. The van der Waals surface area contributed by atoms with E-state index in [4.69, 9.17) is 4.74 Å². The lowest BCUT2D eigenvalue weighted by atomic mass is 10.1. The largest absolute Gasteiger partial charge is 0.455 e. The van der Waals surface area contributed by atoms with E-state index in [2.05, 4.69) is 12.2 Å². The maximum atomic E-state index is 12.2. The molecule has 2 rings (SSSR count). The van der Waals surface area contributed by atoms with Gasteiger partial charge in [0.1, 0.15) is 0 Å². The second kappa shape index (κ2) is 8.65. The number of nitrogens with one attached hydrogen (secondary N) is 1. The summed E-state index contributed by atoms with van der Waals surface area (Å²) in [6.07, 6.45) is 1.85. The van der Waals surface area contributed by atoms with Crippen molar-refractivity contribution in [2.75, 3.05) is 18.1 Å². The zero-order valence-electron chi connectivity index (χ0n) is 15.1. The summed E-state index contributed by atoms with van der Waals surface area (Å²) in [5.74, 6) is -1.45. The van der Waals surface area contributed by atoms with E-state index >= 15 is 0 Å². The van der Waals surface area contributed by atoms with Crippen molar-refractivity contribution >= 4 is 23.5 Å². The van der Waals surface area contributed by atoms with Gasteiger partial charge in [0.25, 0.3) is 5.91 Å². The average molecular weight is 346 g/mol. The van der Waals surface area contributed by atoms with Gasteiger partial charge in [0, 0.05) is 24.7 Å². The second-order valence-electron chi connectivity index (χ2n) is 6.41. The van der Waals surface area contributed by atoms with E-state index in [-0.39, 0.29) is 37.4 Å². The Morgan fingerprint density at radius 3 is 2.56 bits per heavy atom. The molecule has 25 heavy (non-hydrogen) atoms. The van der Waals surface area contributed by atoms with Gasteiger partial charge in [0.15, 0.2) is 6.61 Å². The molecule has 1 aromatic rings. The number of benzene rings is 1. The van der Waals surface area contributed by atoms with Crippen LogP contribution in [0.2, 0.25) is 0 Å². The first-order valence-corrected chi connectivity index (χ1v) is 8.79. The van der Waals surface area contributed by atoms with Crippen LogP contribution in [0.5, 0.6) is 0 Å². The van der Waals surface area contributed by atoms with E-state index in [0.717, 1.165) is 18.5 Å². The smallest absolute Gasteiger partial charge is 0.311 e. The lowest BCUT2D eigenvalue weighted by Crippen LogP contribution is -2.36. The Labute approximate surface area is 148 Å². The van der Waals surface area contributed by atoms with Gasteiger partial charge in [-0.3, -0.25) is 14.4 Å². The van der Waals surface area contributed by atoms with Gasteiger partial charge in [-0.25, -0.2) is 0 Å². The molecule has 0 bridgehead atoms. The summed E-state index contributed by atoms with van der Waals surface area (Å²) in [7, 11) is 0. The van der Waals surface area contributed by atoms with Gasteiger partial charge >= 0.3 is 5.97 Å². The molecule has 1 saturated heterocycles. The standard InChI is InChI=1S/C19H26N2O4/c1-4-13(3)20-17(22)12-25-19(24)15-10-18(23)21(11-15)16-8-6-14(5-2)7-9-16/h6-9,13,15H,4-5,10-12H2,1-3H3,(H,20,22). The number of ether oxygens (including phenoxy) is 1. The van der Waals surface area contributed by atoms with Crippen LogP contribution in [0.25, 0.3) is 0 Å². The maximum Gasteiger partial charge on any atom is 0.311 e. The summed E-state index contributed by atoms with van der Waals surface area (Å²) in [6.45, 7) is 5.90. The van der Waals surface area contributed by atoms with Crippen molar-refractivity contribution in [2.45, 2.75) is 46.1 Å². The average Bonchev–Trinajstić information content (AvgIpc) is 3.01. The highest BCUT2D eigenvalue weighted by Gasteiger charge is 2.36. The zero-order valence-corrected chi connectivity index (χ0v) is 15.1. The van der Waals surface area contributed by atoms with E-state index in [1.165, 1.54) is 5.56 Å². The fraction of sp³-hybridized carbons (Fsp3) is 0.526. The minimum atomic E-state index is -0.533. The Morgan fingerprint density at radius 1 is 1.28 bits per heavy atom. The normalized spacial score (nSPS) is 18.1. The zero-order chi connectivity index (χ0) is 18.4. The third-order valence-electron chi connectivity index (χ3n) is 4.48. The molecule has 1 fully saturated rings. The number of hydrogen-bond donors (Lipinski definition) is 1. The first-order chi connectivity index (χ1) is 11.9. The van der Waals surface area contributed by atoms with Crippen LogP contribution in [0.4, 0.5) is 5.69 Å². The third kappa shape index (κ3) is 5.05. The number of nitrogens with zero attached hydrogens (tertiary/aromatic N) is 1. The van der Waals surface area contributed by atoms with Crippen LogP contribution >= 0.6 is 0 Å². The molecule has 1 aromatic carbocycles. The topological polar surface area (TPSA) is 75.7 Å². The van der Waals surface area contributed by atoms with E-state index in [0.29, 0.717) is 0 Å². The number of aryl methyl sites for hydroxylation is 1.